The molecule has 1 aromatic rings. The SMILES string of the molecule is CCN1CCOC(COc2cc(OC)ccc2[C@H](C)N)C1. The number of nitrogens with two attached hydrogens (primary N) is 1. The van der Waals surface area contributed by atoms with E-state index in [0.29, 0.717) is 6.61 Å². The summed E-state index contributed by atoms with van der Waals surface area (Å²) in [5.41, 5.74) is 6.98. The van der Waals surface area contributed by atoms with Gasteiger partial charge in [0.2, 0.25) is 0 Å². The molecule has 0 saturated carbocycles. The highest BCUT2D eigenvalue weighted by Gasteiger charge is 2.20. The largest absolute Gasteiger partial charge is 0.497 e. The number of ether oxygens (including phenoxy) is 3. The van der Waals surface area contributed by atoms with Gasteiger partial charge in [0.25, 0.3) is 0 Å². The van der Waals surface area contributed by atoms with Crippen LogP contribution in [0.5, 0.6) is 11.5 Å². The Kier molecular flexibility index (Phi) is 5.85. The van der Waals surface area contributed by atoms with E-state index in [1.54, 1.807) is 7.11 Å². The number of hydrogen-bond acceptors (Lipinski definition) is 5. The highest BCUT2D eigenvalue weighted by Crippen LogP contribution is 2.28. The van der Waals surface area contributed by atoms with Crippen molar-refractivity contribution in [1.82, 2.24) is 4.90 Å². The van der Waals surface area contributed by atoms with Crippen molar-refractivity contribution in [2.75, 3.05) is 40.0 Å². The maximum absolute atomic E-state index is 6.00. The van der Waals surface area contributed by atoms with Gasteiger partial charge >= 0.3 is 0 Å². The second kappa shape index (κ2) is 7.64. The molecule has 1 aliphatic heterocycles. The summed E-state index contributed by atoms with van der Waals surface area (Å²) in [5, 5.41) is 0. The monoisotopic (exact) mass is 294 g/mol. The summed E-state index contributed by atoms with van der Waals surface area (Å²) in [4.78, 5) is 2.37. The Balaban J connectivity index is 2.01. The van der Waals surface area contributed by atoms with Gasteiger partial charge in [-0.2, -0.15) is 0 Å². The summed E-state index contributed by atoms with van der Waals surface area (Å²) in [6, 6.07) is 5.67. The van der Waals surface area contributed by atoms with Crippen LogP contribution in [0.25, 0.3) is 0 Å². The van der Waals surface area contributed by atoms with E-state index in [1.807, 2.05) is 25.1 Å². The molecule has 1 fully saturated rings. The van der Waals surface area contributed by atoms with Crippen LogP contribution in [0.2, 0.25) is 0 Å². The zero-order chi connectivity index (χ0) is 15.2. The Morgan fingerprint density at radius 1 is 1.48 bits per heavy atom. The fourth-order valence-corrected chi connectivity index (χ4v) is 2.49. The van der Waals surface area contributed by atoms with Crippen LogP contribution in [-0.4, -0.2) is 51.0 Å². The molecular weight excluding hydrogens is 268 g/mol. The first-order chi connectivity index (χ1) is 10.1. The van der Waals surface area contributed by atoms with E-state index < -0.39 is 0 Å². The molecule has 0 radical (unpaired) electrons. The molecule has 5 nitrogen and oxygen atoms in total. The molecule has 1 saturated heterocycles. The number of nitrogens with zero attached hydrogens (tertiary/aromatic N) is 1. The molecule has 0 bridgehead atoms. The minimum Gasteiger partial charge on any atom is -0.497 e. The fraction of sp³-hybridized carbons (Fsp3) is 0.625. The first-order valence-corrected chi connectivity index (χ1v) is 7.54. The summed E-state index contributed by atoms with van der Waals surface area (Å²) in [7, 11) is 1.65. The molecule has 1 aliphatic rings. The second-order valence-corrected chi connectivity index (χ2v) is 5.39. The van der Waals surface area contributed by atoms with Crippen molar-refractivity contribution in [2.45, 2.75) is 26.0 Å². The summed E-state index contributed by atoms with van der Waals surface area (Å²) >= 11 is 0. The normalized spacial score (nSPS) is 21.0. The van der Waals surface area contributed by atoms with Crippen LogP contribution in [0, 0.1) is 0 Å². The Labute approximate surface area is 127 Å². The van der Waals surface area contributed by atoms with Crippen molar-refractivity contribution >= 4 is 0 Å². The quantitative estimate of drug-likeness (QED) is 0.867. The lowest BCUT2D eigenvalue weighted by Gasteiger charge is -2.32. The molecule has 118 valence electrons. The van der Waals surface area contributed by atoms with Crippen molar-refractivity contribution in [1.29, 1.82) is 0 Å². The fourth-order valence-electron chi connectivity index (χ4n) is 2.49. The van der Waals surface area contributed by atoms with Gasteiger partial charge in [0.1, 0.15) is 24.2 Å². The lowest BCUT2D eigenvalue weighted by Crippen LogP contribution is -2.44. The minimum atomic E-state index is -0.0784. The lowest BCUT2D eigenvalue weighted by atomic mass is 10.1. The van der Waals surface area contributed by atoms with Gasteiger partial charge in [-0.25, -0.2) is 0 Å². The smallest absolute Gasteiger partial charge is 0.127 e. The molecule has 0 aromatic heterocycles. The third kappa shape index (κ3) is 4.33. The summed E-state index contributed by atoms with van der Waals surface area (Å²) in [6.07, 6.45) is 0.103. The first-order valence-electron chi connectivity index (χ1n) is 7.54. The number of hydrogen-bond donors (Lipinski definition) is 1. The third-order valence-electron chi connectivity index (χ3n) is 3.81. The van der Waals surface area contributed by atoms with Gasteiger partial charge in [0.15, 0.2) is 0 Å². The molecule has 2 rings (SSSR count). The van der Waals surface area contributed by atoms with Crippen molar-refractivity contribution in [2.24, 2.45) is 5.73 Å². The van der Waals surface area contributed by atoms with Crippen molar-refractivity contribution < 1.29 is 14.2 Å². The molecule has 1 unspecified atom stereocenters. The van der Waals surface area contributed by atoms with Crippen LogP contribution in [0.3, 0.4) is 0 Å². The standard InChI is InChI=1S/C16H26N2O3/c1-4-18-7-8-20-14(10-18)11-21-16-9-13(19-3)5-6-15(16)12(2)17/h5-6,9,12,14H,4,7-8,10-11,17H2,1-3H3/t12-,14?/m0/s1. The zero-order valence-corrected chi connectivity index (χ0v) is 13.2. The molecule has 5 heteroatoms. The van der Waals surface area contributed by atoms with Gasteiger partial charge < -0.3 is 19.9 Å². The van der Waals surface area contributed by atoms with Gasteiger partial charge in [-0.3, -0.25) is 4.90 Å². The van der Waals surface area contributed by atoms with Gasteiger partial charge in [0, 0.05) is 30.8 Å². The summed E-state index contributed by atoms with van der Waals surface area (Å²) in [6.45, 7) is 8.36. The summed E-state index contributed by atoms with van der Waals surface area (Å²) in [5.74, 6) is 1.55. The van der Waals surface area contributed by atoms with Crippen LogP contribution in [0.4, 0.5) is 0 Å². The Bertz CT molecular complexity index is 451. The molecule has 1 aromatic carbocycles. The Morgan fingerprint density at radius 2 is 2.29 bits per heavy atom. The lowest BCUT2D eigenvalue weighted by molar-refractivity contribution is -0.0465. The van der Waals surface area contributed by atoms with Gasteiger partial charge in [0.05, 0.1) is 13.7 Å². The maximum atomic E-state index is 6.00. The van der Waals surface area contributed by atoms with Crippen molar-refractivity contribution in [3.8, 4) is 11.5 Å². The average molecular weight is 294 g/mol. The number of methoxy groups -OCH3 is 1. The molecule has 2 N–H and O–H groups in total. The third-order valence-corrected chi connectivity index (χ3v) is 3.81. The summed E-state index contributed by atoms with van der Waals surface area (Å²) < 4.78 is 17.0. The molecule has 0 amide bonds. The van der Waals surface area contributed by atoms with E-state index in [4.69, 9.17) is 19.9 Å². The van der Waals surface area contributed by atoms with E-state index in [0.717, 1.165) is 43.3 Å². The van der Waals surface area contributed by atoms with Crippen LogP contribution in [-0.2, 0) is 4.74 Å². The van der Waals surface area contributed by atoms with Gasteiger partial charge in [-0.15, -0.1) is 0 Å². The van der Waals surface area contributed by atoms with E-state index >= 15 is 0 Å². The zero-order valence-electron chi connectivity index (χ0n) is 13.2. The predicted octanol–water partition coefficient (Wildman–Crippen LogP) is 1.81. The molecule has 1 heterocycles. The van der Waals surface area contributed by atoms with E-state index in [2.05, 4.69) is 11.8 Å². The molecule has 0 spiro atoms. The Hall–Kier alpha value is -1.30. The molecular formula is C16H26N2O3. The highest BCUT2D eigenvalue weighted by molar-refractivity contribution is 5.42. The second-order valence-electron chi connectivity index (χ2n) is 5.39. The van der Waals surface area contributed by atoms with E-state index in [-0.39, 0.29) is 12.1 Å². The predicted molar refractivity (Wildman–Crippen MR) is 82.9 cm³/mol. The van der Waals surface area contributed by atoms with Crippen LogP contribution >= 0.6 is 0 Å². The number of morpholine rings is 1. The van der Waals surface area contributed by atoms with Crippen LogP contribution < -0.4 is 15.2 Å². The molecule has 21 heavy (non-hydrogen) atoms. The van der Waals surface area contributed by atoms with Crippen molar-refractivity contribution in [3.05, 3.63) is 23.8 Å². The number of benzene rings is 1. The maximum Gasteiger partial charge on any atom is 0.127 e. The van der Waals surface area contributed by atoms with Gasteiger partial charge in [-0.1, -0.05) is 13.0 Å². The van der Waals surface area contributed by atoms with Crippen LogP contribution in [0.1, 0.15) is 25.5 Å². The minimum absolute atomic E-state index is 0.0784. The van der Waals surface area contributed by atoms with E-state index in [9.17, 15) is 0 Å². The molecule has 2 atom stereocenters. The van der Waals surface area contributed by atoms with Gasteiger partial charge in [-0.05, 0) is 19.5 Å². The Morgan fingerprint density at radius 3 is 2.95 bits per heavy atom. The number of likely N-dealkylation sites (N-methyl/N-ethyl adjacent to an activating group) is 1. The average Bonchev–Trinajstić information content (AvgIpc) is 2.52. The topological polar surface area (TPSA) is 57.0 Å². The van der Waals surface area contributed by atoms with E-state index in [1.165, 1.54) is 0 Å². The van der Waals surface area contributed by atoms with Crippen LogP contribution in [0.15, 0.2) is 18.2 Å². The molecule has 0 aliphatic carbocycles. The highest BCUT2D eigenvalue weighted by atomic mass is 16.5. The van der Waals surface area contributed by atoms with Crippen molar-refractivity contribution in [3.63, 3.8) is 0 Å². The first kappa shape index (κ1) is 16.1. The number of rotatable bonds is 6.